The van der Waals surface area contributed by atoms with Gasteiger partial charge in [0.15, 0.2) is 0 Å². The average Bonchev–Trinajstić information content (AvgIpc) is 2.63. The molecule has 1 N–H and O–H groups in total. The summed E-state index contributed by atoms with van der Waals surface area (Å²) in [6.45, 7) is 6.69. The third-order valence-corrected chi connectivity index (χ3v) is 3.32. The number of aromatic nitrogens is 4. The first-order chi connectivity index (χ1) is 9.04. The molecule has 19 heavy (non-hydrogen) atoms. The maximum atomic E-state index is 5.18. The Morgan fingerprint density at radius 1 is 1.26 bits per heavy atom. The van der Waals surface area contributed by atoms with Crippen LogP contribution in [0.1, 0.15) is 22.5 Å². The van der Waals surface area contributed by atoms with Gasteiger partial charge in [-0.15, -0.1) is 0 Å². The van der Waals surface area contributed by atoms with E-state index in [0.29, 0.717) is 12.4 Å². The molecule has 0 aliphatic rings. The zero-order valence-electron chi connectivity index (χ0n) is 12.0. The lowest BCUT2D eigenvalue weighted by Gasteiger charge is -2.10. The summed E-state index contributed by atoms with van der Waals surface area (Å²) >= 11 is 0. The van der Waals surface area contributed by atoms with Crippen LogP contribution in [0, 0.1) is 20.8 Å². The second-order valence-corrected chi connectivity index (χ2v) is 4.48. The third kappa shape index (κ3) is 2.52. The van der Waals surface area contributed by atoms with Gasteiger partial charge in [0.1, 0.15) is 12.1 Å². The first-order valence-corrected chi connectivity index (χ1v) is 6.13. The molecule has 102 valence electrons. The highest BCUT2D eigenvalue weighted by molar-refractivity contribution is 5.48. The SMILES string of the molecule is COc1ncnc(NCc2c(C)nn(C)c2C)c1C. The Balaban J connectivity index is 2.19. The van der Waals surface area contributed by atoms with Crippen molar-refractivity contribution in [3.05, 3.63) is 28.8 Å². The minimum atomic E-state index is 0.595. The quantitative estimate of drug-likeness (QED) is 0.908. The molecule has 0 aliphatic heterocycles. The van der Waals surface area contributed by atoms with E-state index in [1.807, 2.05) is 25.6 Å². The molecule has 0 fully saturated rings. The van der Waals surface area contributed by atoms with Gasteiger partial charge in [0, 0.05) is 24.8 Å². The Bertz CT molecular complexity index is 591. The molecule has 6 nitrogen and oxygen atoms in total. The van der Waals surface area contributed by atoms with Crippen LogP contribution in [0.4, 0.5) is 5.82 Å². The molecule has 6 heteroatoms. The van der Waals surface area contributed by atoms with Gasteiger partial charge in [0.2, 0.25) is 5.88 Å². The highest BCUT2D eigenvalue weighted by Crippen LogP contribution is 2.21. The fourth-order valence-corrected chi connectivity index (χ4v) is 2.06. The van der Waals surface area contributed by atoms with E-state index < -0.39 is 0 Å². The summed E-state index contributed by atoms with van der Waals surface area (Å²) in [6, 6.07) is 0. The number of ether oxygens (including phenoxy) is 1. The van der Waals surface area contributed by atoms with E-state index in [-0.39, 0.29) is 0 Å². The summed E-state index contributed by atoms with van der Waals surface area (Å²) in [7, 11) is 3.55. The Kier molecular flexibility index (Phi) is 3.69. The lowest BCUT2D eigenvalue weighted by molar-refractivity contribution is 0.393. The summed E-state index contributed by atoms with van der Waals surface area (Å²) in [5.74, 6) is 1.38. The van der Waals surface area contributed by atoms with E-state index in [4.69, 9.17) is 4.74 Å². The van der Waals surface area contributed by atoms with E-state index in [2.05, 4.69) is 27.3 Å². The zero-order valence-corrected chi connectivity index (χ0v) is 12.0. The molecule has 0 saturated heterocycles. The Hall–Kier alpha value is -2.11. The molecule has 0 radical (unpaired) electrons. The van der Waals surface area contributed by atoms with Gasteiger partial charge in [-0.2, -0.15) is 5.10 Å². The average molecular weight is 261 g/mol. The van der Waals surface area contributed by atoms with Crippen LogP contribution in [0.3, 0.4) is 0 Å². The second kappa shape index (κ2) is 5.26. The maximum Gasteiger partial charge on any atom is 0.221 e. The highest BCUT2D eigenvalue weighted by Gasteiger charge is 2.11. The van der Waals surface area contributed by atoms with E-state index >= 15 is 0 Å². The molecule has 0 aromatic carbocycles. The minimum absolute atomic E-state index is 0.595. The monoisotopic (exact) mass is 261 g/mol. The van der Waals surface area contributed by atoms with Crippen molar-refractivity contribution in [1.82, 2.24) is 19.7 Å². The van der Waals surface area contributed by atoms with E-state index in [1.54, 1.807) is 7.11 Å². The van der Waals surface area contributed by atoms with Gasteiger partial charge < -0.3 is 10.1 Å². The van der Waals surface area contributed by atoms with Crippen LogP contribution >= 0.6 is 0 Å². The summed E-state index contributed by atoms with van der Waals surface area (Å²) in [6.07, 6.45) is 1.50. The fourth-order valence-electron chi connectivity index (χ4n) is 2.06. The molecule has 2 aromatic rings. The fraction of sp³-hybridized carbons (Fsp3) is 0.462. The van der Waals surface area contributed by atoms with Crippen LogP contribution in [-0.4, -0.2) is 26.9 Å². The second-order valence-electron chi connectivity index (χ2n) is 4.48. The smallest absolute Gasteiger partial charge is 0.221 e. The van der Waals surface area contributed by atoms with Crippen LogP contribution in [0.5, 0.6) is 5.88 Å². The highest BCUT2D eigenvalue weighted by atomic mass is 16.5. The van der Waals surface area contributed by atoms with Gasteiger partial charge in [-0.05, 0) is 20.8 Å². The van der Waals surface area contributed by atoms with E-state index in [9.17, 15) is 0 Å². The van der Waals surface area contributed by atoms with E-state index in [0.717, 1.165) is 22.8 Å². The number of methoxy groups -OCH3 is 1. The van der Waals surface area contributed by atoms with Crippen molar-refractivity contribution in [2.75, 3.05) is 12.4 Å². The number of nitrogens with zero attached hydrogens (tertiary/aromatic N) is 4. The van der Waals surface area contributed by atoms with Crippen LogP contribution in [0.25, 0.3) is 0 Å². The van der Waals surface area contributed by atoms with Gasteiger partial charge in [0.25, 0.3) is 0 Å². The number of hydrogen-bond acceptors (Lipinski definition) is 5. The van der Waals surface area contributed by atoms with Gasteiger partial charge >= 0.3 is 0 Å². The molecule has 0 unspecified atom stereocenters. The van der Waals surface area contributed by atoms with Crippen molar-refractivity contribution in [3.63, 3.8) is 0 Å². The lowest BCUT2D eigenvalue weighted by atomic mass is 10.2. The summed E-state index contributed by atoms with van der Waals surface area (Å²) in [5, 5.41) is 7.71. The van der Waals surface area contributed by atoms with Crippen molar-refractivity contribution in [2.24, 2.45) is 7.05 Å². The lowest BCUT2D eigenvalue weighted by Crippen LogP contribution is -2.06. The molecular weight excluding hydrogens is 242 g/mol. The van der Waals surface area contributed by atoms with Crippen LogP contribution in [0.2, 0.25) is 0 Å². The third-order valence-electron chi connectivity index (χ3n) is 3.32. The molecule has 2 heterocycles. The van der Waals surface area contributed by atoms with Crippen molar-refractivity contribution in [3.8, 4) is 5.88 Å². The van der Waals surface area contributed by atoms with Crippen LogP contribution in [0.15, 0.2) is 6.33 Å². The number of nitrogens with one attached hydrogen (secondary N) is 1. The largest absolute Gasteiger partial charge is 0.481 e. The predicted octanol–water partition coefficient (Wildman–Crippen LogP) is 1.76. The number of anilines is 1. The van der Waals surface area contributed by atoms with Gasteiger partial charge in [-0.1, -0.05) is 0 Å². The van der Waals surface area contributed by atoms with Gasteiger partial charge in [-0.3, -0.25) is 4.68 Å². The Labute approximate surface area is 112 Å². The van der Waals surface area contributed by atoms with Crippen molar-refractivity contribution < 1.29 is 4.74 Å². The Morgan fingerprint density at radius 3 is 2.58 bits per heavy atom. The minimum Gasteiger partial charge on any atom is -0.481 e. The van der Waals surface area contributed by atoms with Gasteiger partial charge in [-0.25, -0.2) is 9.97 Å². The van der Waals surface area contributed by atoms with Crippen molar-refractivity contribution in [1.29, 1.82) is 0 Å². The molecule has 0 amide bonds. The Morgan fingerprint density at radius 2 is 2.00 bits per heavy atom. The number of aryl methyl sites for hydroxylation is 2. The van der Waals surface area contributed by atoms with Gasteiger partial charge in [0.05, 0.1) is 18.4 Å². The molecule has 0 spiro atoms. The van der Waals surface area contributed by atoms with E-state index in [1.165, 1.54) is 11.9 Å². The normalized spacial score (nSPS) is 10.6. The maximum absolute atomic E-state index is 5.18. The molecular formula is C13H19N5O. The van der Waals surface area contributed by atoms with Crippen LogP contribution in [-0.2, 0) is 13.6 Å². The molecule has 0 atom stereocenters. The topological polar surface area (TPSA) is 64.9 Å². The summed E-state index contributed by atoms with van der Waals surface area (Å²) in [5.41, 5.74) is 4.29. The zero-order chi connectivity index (χ0) is 14.0. The van der Waals surface area contributed by atoms with Crippen LogP contribution < -0.4 is 10.1 Å². The first kappa shape index (κ1) is 13.3. The first-order valence-electron chi connectivity index (χ1n) is 6.13. The van der Waals surface area contributed by atoms with Crippen molar-refractivity contribution in [2.45, 2.75) is 27.3 Å². The number of hydrogen-bond donors (Lipinski definition) is 1. The van der Waals surface area contributed by atoms with Crippen molar-refractivity contribution >= 4 is 5.82 Å². The summed E-state index contributed by atoms with van der Waals surface area (Å²) in [4.78, 5) is 8.30. The molecule has 2 rings (SSSR count). The summed E-state index contributed by atoms with van der Waals surface area (Å²) < 4.78 is 7.07. The molecule has 0 saturated carbocycles. The predicted molar refractivity (Wildman–Crippen MR) is 73.3 cm³/mol. The number of rotatable bonds is 4. The molecule has 0 bridgehead atoms. The molecule has 2 aromatic heterocycles. The standard InChI is InChI=1S/C13H19N5O/c1-8-12(15-7-16-13(8)19-5)14-6-11-9(2)17-18(4)10(11)3/h7H,6H2,1-5H3,(H,14,15,16). The molecule has 0 aliphatic carbocycles.